The standard InChI is InChI=1S/C28H24ClNO3S/c1-17-25(28(32)33-16-18-7-3-2-4-8-18)26(19-9-5-10-21(29)13-19)27-22(30-17)14-20(15-23(27)31)24-11-6-12-34-24/h2-13,20,26,30H,14-16H2,1H3. The van der Waals surface area contributed by atoms with Crippen molar-refractivity contribution in [2.75, 3.05) is 0 Å². The fraction of sp³-hybridized carbons (Fsp3) is 0.214. The molecule has 2 aliphatic rings. The number of ether oxygens (including phenoxy) is 1. The lowest BCUT2D eigenvalue weighted by atomic mass is 9.72. The molecule has 34 heavy (non-hydrogen) atoms. The second-order valence-electron chi connectivity index (χ2n) is 8.65. The Balaban J connectivity index is 1.52. The molecule has 0 bridgehead atoms. The highest BCUT2D eigenvalue weighted by molar-refractivity contribution is 7.10. The van der Waals surface area contributed by atoms with Crippen LogP contribution < -0.4 is 5.32 Å². The Morgan fingerprint density at radius 2 is 1.91 bits per heavy atom. The molecule has 2 heterocycles. The van der Waals surface area contributed by atoms with Crippen LogP contribution in [0.25, 0.3) is 0 Å². The van der Waals surface area contributed by atoms with E-state index in [1.54, 1.807) is 17.4 Å². The molecule has 2 unspecified atom stereocenters. The van der Waals surface area contributed by atoms with Crippen molar-refractivity contribution in [2.45, 2.75) is 38.2 Å². The summed E-state index contributed by atoms with van der Waals surface area (Å²) in [6.07, 6.45) is 1.14. The second-order valence-corrected chi connectivity index (χ2v) is 10.1. The van der Waals surface area contributed by atoms with Crippen molar-refractivity contribution < 1.29 is 14.3 Å². The number of rotatable bonds is 5. The Bertz CT molecular complexity index is 1290. The number of carbonyl (C=O) groups is 2. The number of Topliss-reactive ketones (excluding diaryl/α,β-unsaturated/α-hetero) is 1. The number of nitrogens with one attached hydrogen (secondary N) is 1. The number of benzene rings is 2. The minimum absolute atomic E-state index is 0.0537. The third kappa shape index (κ3) is 4.46. The Labute approximate surface area is 207 Å². The van der Waals surface area contributed by atoms with Crippen molar-refractivity contribution in [3.05, 3.63) is 116 Å². The summed E-state index contributed by atoms with van der Waals surface area (Å²) in [7, 11) is 0. The highest BCUT2D eigenvalue weighted by Crippen LogP contribution is 2.46. The van der Waals surface area contributed by atoms with E-state index in [4.69, 9.17) is 16.3 Å². The Morgan fingerprint density at radius 3 is 2.65 bits per heavy atom. The molecule has 3 aromatic rings. The predicted octanol–water partition coefficient (Wildman–Crippen LogP) is 6.51. The summed E-state index contributed by atoms with van der Waals surface area (Å²) < 4.78 is 5.71. The molecule has 0 spiro atoms. The van der Waals surface area contributed by atoms with Gasteiger partial charge >= 0.3 is 5.97 Å². The van der Waals surface area contributed by atoms with Crippen molar-refractivity contribution in [2.24, 2.45) is 0 Å². The first-order valence-corrected chi connectivity index (χ1v) is 12.5. The van der Waals surface area contributed by atoms with Crippen LogP contribution in [0.2, 0.25) is 5.02 Å². The number of hydrogen-bond donors (Lipinski definition) is 1. The molecule has 1 aliphatic heterocycles. The number of hydrogen-bond acceptors (Lipinski definition) is 5. The van der Waals surface area contributed by atoms with Crippen LogP contribution in [0.5, 0.6) is 0 Å². The SMILES string of the molecule is CC1=C(C(=O)OCc2ccccc2)C(c2cccc(Cl)c2)C2=C(CC(c3cccs3)CC2=O)N1. The Kier molecular flexibility index (Phi) is 6.40. The summed E-state index contributed by atoms with van der Waals surface area (Å²) in [5, 5.41) is 6.00. The van der Waals surface area contributed by atoms with E-state index >= 15 is 0 Å². The van der Waals surface area contributed by atoms with Gasteiger partial charge in [0, 0.05) is 45.1 Å². The normalized spacial score (nSPS) is 20.1. The Morgan fingerprint density at radius 1 is 1.09 bits per heavy atom. The largest absolute Gasteiger partial charge is 0.457 e. The smallest absolute Gasteiger partial charge is 0.337 e. The molecular formula is C28H24ClNO3S. The maximum atomic E-state index is 13.6. The number of ketones is 1. The van der Waals surface area contributed by atoms with Gasteiger partial charge in [0.05, 0.1) is 5.57 Å². The first-order valence-electron chi connectivity index (χ1n) is 11.2. The summed E-state index contributed by atoms with van der Waals surface area (Å²) in [6.45, 7) is 2.04. The number of dihydropyridines is 1. The van der Waals surface area contributed by atoms with Gasteiger partial charge < -0.3 is 10.1 Å². The third-order valence-corrected chi connectivity index (χ3v) is 7.66. The third-order valence-electron chi connectivity index (χ3n) is 6.39. The summed E-state index contributed by atoms with van der Waals surface area (Å²) in [4.78, 5) is 28.2. The van der Waals surface area contributed by atoms with Gasteiger partial charge in [-0.25, -0.2) is 4.79 Å². The zero-order valence-electron chi connectivity index (χ0n) is 18.7. The molecule has 1 aliphatic carbocycles. The molecule has 2 aromatic carbocycles. The molecule has 5 rings (SSSR count). The molecule has 0 saturated heterocycles. The minimum atomic E-state index is -0.519. The van der Waals surface area contributed by atoms with Gasteiger partial charge in [0.1, 0.15) is 6.61 Å². The predicted molar refractivity (Wildman–Crippen MR) is 135 cm³/mol. The lowest BCUT2D eigenvalue weighted by molar-refractivity contribution is -0.140. The molecule has 2 atom stereocenters. The quantitative estimate of drug-likeness (QED) is 0.415. The number of halogens is 1. The van der Waals surface area contributed by atoms with E-state index < -0.39 is 11.9 Å². The number of thiophene rings is 1. The van der Waals surface area contributed by atoms with E-state index in [0.717, 1.165) is 23.2 Å². The van der Waals surface area contributed by atoms with Crippen LogP contribution in [0.3, 0.4) is 0 Å². The van der Waals surface area contributed by atoms with Crippen molar-refractivity contribution in [3.8, 4) is 0 Å². The molecule has 0 amide bonds. The van der Waals surface area contributed by atoms with E-state index in [0.29, 0.717) is 28.3 Å². The Hall–Kier alpha value is -3.15. The summed E-state index contributed by atoms with van der Waals surface area (Å²) in [5.41, 5.74) is 4.42. The van der Waals surface area contributed by atoms with Gasteiger partial charge in [-0.05, 0) is 48.1 Å². The molecule has 0 radical (unpaired) electrons. The van der Waals surface area contributed by atoms with Crippen molar-refractivity contribution in [3.63, 3.8) is 0 Å². The average molecular weight is 490 g/mol. The molecule has 6 heteroatoms. The van der Waals surface area contributed by atoms with E-state index in [1.165, 1.54) is 4.88 Å². The van der Waals surface area contributed by atoms with E-state index in [2.05, 4.69) is 11.4 Å². The van der Waals surface area contributed by atoms with Gasteiger partial charge in [-0.3, -0.25) is 4.79 Å². The first-order chi connectivity index (χ1) is 16.5. The molecule has 172 valence electrons. The van der Waals surface area contributed by atoms with Crippen molar-refractivity contribution >= 4 is 34.7 Å². The maximum Gasteiger partial charge on any atom is 0.337 e. The van der Waals surface area contributed by atoms with Crippen LogP contribution in [0.15, 0.2) is 94.7 Å². The summed E-state index contributed by atoms with van der Waals surface area (Å²) in [6, 6.07) is 21.1. The van der Waals surface area contributed by atoms with Gasteiger partial charge in [-0.1, -0.05) is 60.1 Å². The lowest BCUT2D eigenvalue weighted by Crippen LogP contribution is -2.36. The van der Waals surface area contributed by atoms with Crippen LogP contribution in [-0.2, 0) is 20.9 Å². The van der Waals surface area contributed by atoms with Gasteiger partial charge in [0.2, 0.25) is 0 Å². The molecule has 0 saturated carbocycles. The molecule has 0 fully saturated rings. The monoisotopic (exact) mass is 489 g/mol. The van der Waals surface area contributed by atoms with Crippen molar-refractivity contribution in [1.29, 1.82) is 0 Å². The molecular weight excluding hydrogens is 466 g/mol. The van der Waals surface area contributed by atoms with E-state index in [1.807, 2.05) is 66.9 Å². The lowest BCUT2D eigenvalue weighted by Gasteiger charge is -2.36. The highest BCUT2D eigenvalue weighted by Gasteiger charge is 2.41. The number of allylic oxidation sites excluding steroid dienone is 3. The minimum Gasteiger partial charge on any atom is -0.457 e. The molecule has 4 nitrogen and oxygen atoms in total. The number of carbonyl (C=O) groups excluding carboxylic acids is 2. The van der Waals surface area contributed by atoms with Crippen LogP contribution >= 0.6 is 22.9 Å². The van der Waals surface area contributed by atoms with Crippen LogP contribution in [-0.4, -0.2) is 11.8 Å². The summed E-state index contributed by atoms with van der Waals surface area (Å²) in [5.74, 6) is -0.760. The van der Waals surface area contributed by atoms with E-state index in [-0.39, 0.29) is 18.3 Å². The van der Waals surface area contributed by atoms with Crippen LogP contribution in [0.1, 0.15) is 47.6 Å². The van der Waals surface area contributed by atoms with E-state index in [9.17, 15) is 9.59 Å². The zero-order chi connectivity index (χ0) is 23.7. The summed E-state index contributed by atoms with van der Waals surface area (Å²) >= 11 is 8.00. The van der Waals surface area contributed by atoms with Gasteiger partial charge in [-0.2, -0.15) is 0 Å². The molecule has 1 N–H and O–H groups in total. The zero-order valence-corrected chi connectivity index (χ0v) is 20.3. The first kappa shape index (κ1) is 22.6. The number of esters is 1. The fourth-order valence-corrected chi connectivity index (χ4v) is 5.88. The highest BCUT2D eigenvalue weighted by atomic mass is 35.5. The van der Waals surface area contributed by atoms with Crippen LogP contribution in [0, 0.1) is 0 Å². The maximum absolute atomic E-state index is 13.6. The molecule has 1 aromatic heterocycles. The van der Waals surface area contributed by atoms with Gasteiger partial charge in [0.15, 0.2) is 5.78 Å². The fourth-order valence-electron chi connectivity index (χ4n) is 4.85. The van der Waals surface area contributed by atoms with Crippen LogP contribution in [0.4, 0.5) is 0 Å². The van der Waals surface area contributed by atoms with Gasteiger partial charge in [0.25, 0.3) is 0 Å². The second kappa shape index (κ2) is 9.61. The average Bonchev–Trinajstić information content (AvgIpc) is 3.37. The topological polar surface area (TPSA) is 55.4 Å². The van der Waals surface area contributed by atoms with Crippen molar-refractivity contribution in [1.82, 2.24) is 5.32 Å². The van der Waals surface area contributed by atoms with Gasteiger partial charge in [-0.15, -0.1) is 11.3 Å².